The molecule has 10 nitrogen and oxygen atoms in total. The second-order valence-corrected chi connectivity index (χ2v) is 11.9. The van der Waals surface area contributed by atoms with E-state index < -0.39 is 40.0 Å². The van der Waals surface area contributed by atoms with Gasteiger partial charge in [0.2, 0.25) is 0 Å². The number of benzene rings is 4. The molecule has 0 bridgehead atoms. The van der Waals surface area contributed by atoms with Gasteiger partial charge in [-0.15, -0.1) is 0 Å². The molecule has 0 saturated heterocycles. The third-order valence-corrected chi connectivity index (χ3v) is 8.33. The van der Waals surface area contributed by atoms with E-state index in [0.717, 1.165) is 0 Å². The summed E-state index contributed by atoms with van der Waals surface area (Å²) in [5.74, 6) is -2.53. The molecule has 0 unspecified atom stereocenters. The van der Waals surface area contributed by atoms with Crippen LogP contribution in [-0.2, 0) is 12.8 Å². The molecule has 0 radical (unpaired) electrons. The van der Waals surface area contributed by atoms with Crippen LogP contribution in [0.2, 0.25) is 0 Å². The molecular formula is C32H30O10. The fourth-order valence-electron chi connectivity index (χ4n) is 6.68. The van der Waals surface area contributed by atoms with Crippen LogP contribution in [0.25, 0.3) is 32.7 Å². The van der Waals surface area contributed by atoms with Crippen LogP contribution in [0.15, 0.2) is 24.3 Å². The Kier molecular flexibility index (Phi) is 5.90. The van der Waals surface area contributed by atoms with Crippen LogP contribution in [0.4, 0.5) is 0 Å². The molecule has 10 heteroatoms. The normalized spacial score (nSPS) is 21.9. The topological polar surface area (TPSA) is 174 Å². The van der Waals surface area contributed by atoms with E-state index in [2.05, 4.69) is 0 Å². The van der Waals surface area contributed by atoms with Crippen LogP contribution in [0.1, 0.15) is 58.5 Å². The maximum absolute atomic E-state index is 13.3. The Morgan fingerprint density at radius 1 is 0.667 bits per heavy atom. The van der Waals surface area contributed by atoms with Gasteiger partial charge in [-0.1, -0.05) is 0 Å². The second-order valence-electron chi connectivity index (χ2n) is 11.9. The van der Waals surface area contributed by atoms with Crippen molar-refractivity contribution in [1.29, 1.82) is 0 Å². The fraction of sp³-hybridized carbons (Fsp3) is 0.312. The molecule has 0 fully saturated rings. The van der Waals surface area contributed by atoms with Gasteiger partial charge in [-0.05, 0) is 48.6 Å². The number of rotatable bonds is 3. The summed E-state index contributed by atoms with van der Waals surface area (Å²) >= 11 is 0. The van der Waals surface area contributed by atoms with Gasteiger partial charge in [0.1, 0.15) is 34.5 Å². The number of methoxy groups -OCH3 is 2. The first-order valence-electron chi connectivity index (χ1n) is 13.4. The highest BCUT2D eigenvalue weighted by molar-refractivity contribution is 6.18. The van der Waals surface area contributed by atoms with Crippen LogP contribution in [-0.4, -0.2) is 67.6 Å². The Balaban J connectivity index is 1.81. The van der Waals surface area contributed by atoms with Crippen molar-refractivity contribution in [2.24, 2.45) is 0 Å². The average molecular weight is 575 g/mol. The number of carbonyl (C=O) groups is 2. The highest BCUT2D eigenvalue weighted by Gasteiger charge is 2.40. The number of carbonyl (C=O) groups excluding carboxylic acids is 2. The highest BCUT2D eigenvalue weighted by atomic mass is 16.5. The van der Waals surface area contributed by atoms with E-state index in [9.17, 15) is 40.2 Å². The maximum atomic E-state index is 13.3. The number of ketones is 2. The molecule has 4 aromatic rings. The first kappa shape index (κ1) is 27.6. The summed E-state index contributed by atoms with van der Waals surface area (Å²) < 4.78 is 11.1. The van der Waals surface area contributed by atoms with Gasteiger partial charge in [-0.25, -0.2) is 0 Å². The largest absolute Gasteiger partial charge is 0.507 e. The van der Waals surface area contributed by atoms with E-state index in [4.69, 9.17) is 9.47 Å². The quantitative estimate of drug-likeness (QED) is 0.207. The minimum absolute atomic E-state index is 0.00420. The van der Waals surface area contributed by atoms with Gasteiger partial charge < -0.3 is 40.1 Å². The minimum atomic E-state index is -1.50. The van der Waals surface area contributed by atoms with Crippen molar-refractivity contribution in [3.8, 4) is 45.6 Å². The SMILES string of the molecule is COc1cc(O)c2c(O)c3c(c(-c4c(OC)cc5cc6c(c(O)c5c4O)C(=O)C[C@](C)(O)C6)c2c1)C[C@@](C)(O)CC3=O. The van der Waals surface area contributed by atoms with Crippen molar-refractivity contribution >= 4 is 33.1 Å². The van der Waals surface area contributed by atoms with Crippen molar-refractivity contribution in [3.05, 3.63) is 46.5 Å². The summed E-state index contributed by atoms with van der Waals surface area (Å²) in [5.41, 5.74) is -2.12. The first-order chi connectivity index (χ1) is 19.7. The summed E-state index contributed by atoms with van der Waals surface area (Å²) in [6.07, 6.45) is -0.492. The smallest absolute Gasteiger partial charge is 0.169 e. The van der Waals surface area contributed by atoms with Crippen molar-refractivity contribution < 1.29 is 49.7 Å². The lowest BCUT2D eigenvalue weighted by molar-refractivity contribution is 0.0396. The van der Waals surface area contributed by atoms with Crippen LogP contribution in [0.5, 0.6) is 34.5 Å². The molecule has 2 aliphatic carbocycles. The Bertz CT molecular complexity index is 1880. The van der Waals surface area contributed by atoms with Gasteiger partial charge in [0.25, 0.3) is 0 Å². The van der Waals surface area contributed by atoms with Crippen LogP contribution in [0.3, 0.4) is 0 Å². The predicted molar refractivity (Wildman–Crippen MR) is 153 cm³/mol. The molecular weight excluding hydrogens is 544 g/mol. The zero-order valence-corrected chi connectivity index (χ0v) is 23.5. The van der Waals surface area contributed by atoms with E-state index in [1.54, 1.807) is 12.1 Å². The van der Waals surface area contributed by atoms with Gasteiger partial charge in [-0.2, -0.15) is 0 Å². The molecule has 0 spiro atoms. The van der Waals surface area contributed by atoms with Gasteiger partial charge in [-0.3, -0.25) is 9.59 Å². The lowest BCUT2D eigenvalue weighted by Crippen LogP contribution is -2.36. The number of phenolic OH excluding ortho intramolecular Hbond substituents is 4. The summed E-state index contributed by atoms with van der Waals surface area (Å²) in [4.78, 5) is 26.3. The summed E-state index contributed by atoms with van der Waals surface area (Å²) in [5, 5.41) is 67.5. The van der Waals surface area contributed by atoms with E-state index in [-0.39, 0.29) is 86.9 Å². The zero-order chi connectivity index (χ0) is 30.5. The molecule has 2 atom stereocenters. The number of hydrogen-bond acceptors (Lipinski definition) is 10. The van der Waals surface area contributed by atoms with Crippen molar-refractivity contribution in [3.63, 3.8) is 0 Å². The lowest BCUT2D eigenvalue weighted by atomic mass is 9.74. The van der Waals surface area contributed by atoms with Crippen LogP contribution >= 0.6 is 0 Å². The lowest BCUT2D eigenvalue weighted by Gasteiger charge is -2.33. The molecule has 0 aliphatic heterocycles. The fourth-order valence-corrected chi connectivity index (χ4v) is 6.68. The number of Topliss-reactive ketones (excluding diaryl/α,β-unsaturated/α-hetero) is 2. The van der Waals surface area contributed by atoms with E-state index in [1.807, 2.05) is 0 Å². The molecule has 0 aromatic heterocycles. The van der Waals surface area contributed by atoms with Gasteiger partial charge in [0.05, 0.1) is 52.9 Å². The summed E-state index contributed by atoms with van der Waals surface area (Å²) in [7, 11) is 2.75. The molecule has 0 amide bonds. The van der Waals surface area contributed by atoms with E-state index in [0.29, 0.717) is 10.9 Å². The Labute approximate surface area is 240 Å². The molecule has 2 aliphatic rings. The number of phenols is 4. The monoisotopic (exact) mass is 574 g/mol. The number of fused-ring (bicyclic) bond motifs is 4. The molecule has 0 saturated carbocycles. The third kappa shape index (κ3) is 3.93. The number of aliphatic hydroxyl groups is 2. The molecule has 6 rings (SSSR count). The Morgan fingerprint density at radius 3 is 1.90 bits per heavy atom. The van der Waals surface area contributed by atoms with E-state index in [1.165, 1.54) is 40.2 Å². The average Bonchev–Trinajstić information content (AvgIpc) is 2.86. The molecule has 42 heavy (non-hydrogen) atoms. The minimum Gasteiger partial charge on any atom is -0.507 e. The molecule has 0 heterocycles. The maximum Gasteiger partial charge on any atom is 0.169 e. The van der Waals surface area contributed by atoms with Crippen molar-refractivity contribution in [2.75, 3.05) is 14.2 Å². The van der Waals surface area contributed by atoms with Gasteiger partial charge in [0.15, 0.2) is 11.6 Å². The molecule has 4 aromatic carbocycles. The van der Waals surface area contributed by atoms with Crippen LogP contribution < -0.4 is 9.47 Å². The number of hydrogen-bond donors (Lipinski definition) is 6. The van der Waals surface area contributed by atoms with Crippen LogP contribution in [0, 0.1) is 0 Å². The zero-order valence-electron chi connectivity index (χ0n) is 23.5. The van der Waals surface area contributed by atoms with E-state index >= 15 is 0 Å². The second kappa shape index (κ2) is 8.98. The standard InChI is InChI=1S/C32H30O10/c1-31(39)9-14-5-13-6-21(42-4)27(29(37)23(13)28(36)22(14)19(34)11-31)24-16-7-15(41-3)8-18(33)25(16)30(38)26-17(24)10-32(2,40)12-20(26)35/h5-8,33,36-40H,9-12H2,1-4H3/t31-,32-/m1/s1. The third-order valence-electron chi connectivity index (χ3n) is 8.33. The van der Waals surface area contributed by atoms with Gasteiger partial charge in [0, 0.05) is 42.7 Å². The number of ether oxygens (including phenoxy) is 2. The predicted octanol–water partition coefficient (Wildman–Crippen LogP) is 4.26. The van der Waals surface area contributed by atoms with Crippen molar-refractivity contribution in [2.45, 2.75) is 50.7 Å². The summed E-state index contributed by atoms with van der Waals surface area (Å²) in [6.45, 7) is 3.02. The number of aromatic hydroxyl groups is 4. The van der Waals surface area contributed by atoms with Crippen molar-refractivity contribution in [1.82, 2.24) is 0 Å². The van der Waals surface area contributed by atoms with Gasteiger partial charge >= 0.3 is 0 Å². The molecule has 218 valence electrons. The first-order valence-corrected chi connectivity index (χ1v) is 13.4. The molecule has 6 N–H and O–H groups in total. The summed E-state index contributed by atoms with van der Waals surface area (Å²) in [6, 6.07) is 5.94. The Morgan fingerprint density at radius 2 is 1.26 bits per heavy atom. The Hall–Kier alpha value is -4.54. The highest BCUT2D eigenvalue weighted by Crippen LogP contribution is 2.55.